The molecule has 4 rings (SSSR count). The molecule has 1 fully saturated rings. The number of hydrogen-bond acceptors (Lipinski definition) is 5. The van der Waals surface area contributed by atoms with Gasteiger partial charge in [0, 0.05) is 24.1 Å². The number of carbonyl (C=O) groups is 1. The van der Waals surface area contributed by atoms with Crippen molar-refractivity contribution in [3.8, 4) is 5.75 Å². The highest BCUT2D eigenvalue weighted by Gasteiger charge is 2.25. The first kappa shape index (κ1) is 19.1. The molecule has 1 atom stereocenters. The molecule has 0 bridgehead atoms. The highest BCUT2D eigenvalue weighted by molar-refractivity contribution is 5.81. The lowest BCUT2D eigenvalue weighted by atomic mass is 10.1. The number of benzene rings is 2. The fourth-order valence-corrected chi connectivity index (χ4v) is 3.39. The number of hydrogen-bond donors (Lipinski definition) is 0. The van der Waals surface area contributed by atoms with Crippen LogP contribution in [0.3, 0.4) is 0 Å². The number of rotatable bonds is 4. The topological polar surface area (TPSA) is 69.0 Å². The highest BCUT2D eigenvalue weighted by Crippen LogP contribution is 2.24. The Hall–Kier alpha value is -3.19. The van der Waals surface area contributed by atoms with Gasteiger partial charge in [0.1, 0.15) is 23.3 Å². The number of carbonyl (C=O) groups excluding carboxylic acids is 1. The number of nitrogens with zero attached hydrogens (tertiary/aromatic N) is 1. The molecule has 7 heteroatoms. The Morgan fingerprint density at radius 1 is 1.21 bits per heavy atom. The Balaban J connectivity index is 1.41. The van der Waals surface area contributed by atoms with Gasteiger partial charge in [0.05, 0.1) is 13.2 Å². The molecule has 1 aromatic heterocycles. The van der Waals surface area contributed by atoms with E-state index >= 15 is 0 Å². The van der Waals surface area contributed by atoms with E-state index in [9.17, 15) is 14.0 Å². The molecule has 1 saturated heterocycles. The molecule has 0 N–H and O–H groups in total. The van der Waals surface area contributed by atoms with Crippen molar-refractivity contribution in [2.75, 3.05) is 26.3 Å². The highest BCUT2D eigenvalue weighted by atomic mass is 19.1. The van der Waals surface area contributed by atoms with Crippen molar-refractivity contribution in [1.29, 1.82) is 0 Å². The zero-order valence-corrected chi connectivity index (χ0v) is 15.9. The third-order valence-electron chi connectivity index (χ3n) is 4.95. The third-order valence-corrected chi connectivity index (χ3v) is 4.95. The molecule has 0 saturated carbocycles. The number of halogens is 1. The fraction of sp³-hybridized carbons (Fsp3) is 0.273. The molecule has 2 aromatic carbocycles. The fourth-order valence-electron chi connectivity index (χ4n) is 3.39. The smallest absolute Gasteiger partial charge is 0.336 e. The van der Waals surface area contributed by atoms with Gasteiger partial charge in [0.2, 0.25) is 0 Å². The Bertz CT molecular complexity index is 1090. The van der Waals surface area contributed by atoms with Gasteiger partial charge in [0.15, 0.2) is 6.61 Å². The van der Waals surface area contributed by atoms with Gasteiger partial charge in [0.25, 0.3) is 5.91 Å². The van der Waals surface area contributed by atoms with E-state index in [2.05, 4.69) is 0 Å². The standard InChI is InChI=1S/C22H20FNO5/c1-14-10-22(26)29-19-11-17(6-7-18(14)19)28-13-21(25)24-8-9-27-20(12-24)15-2-4-16(23)5-3-15/h2-7,10-11,20H,8-9,12-13H2,1H3. The predicted molar refractivity (Wildman–Crippen MR) is 104 cm³/mol. The van der Waals surface area contributed by atoms with Crippen LogP contribution >= 0.6 is 0 Å². The van der Waals surface area contributed by atoms with Gasteiger partial charge in [-0.3, -0.25) is 4.79 Å². The van der Waals surface area contributed by atoms with Crippen LogP contribution in [0.4, 0.5) is 4.39 Å². The quantitative estimate of drug-likeness (QED) is 0.633. The molecule has 1 aliphatic heterocycles. The first-order chi connectivity index (χ1) is 14.0. The number of amides is 1. The second-order valence-electron chi connectivity index (χ2n) is 6.95. The van der Waals surface area contributed by atoms with E-state index in [-0.39, 0.29) is 24.4 Å². The Kier molecular flexibility index (Phi) is 5.31. The minimum atomic E-state index is -0.427. The van der Waals surface area contributed by atoms with Crippen LogP contribution in [0.2, 0.25) is 0 Å². The molecule has 2 heterocycles. The molecular formula is C22H20FNO5. The molecule has 29 heavy (non-hydrogen) atoms. The zero-order chi connectivity index (χ0) is 20.4. The van der Waals surface area contributed by atoms with Gasteiger partial charge in [-0.2, -0.15) is 0 Å². The maximum atomic E-state index is 13.1. The van der Waals surface area contributed by atoms with Crippen LogP contribution in [0.5, 0.6) is 5.75 Å². The van der Waals surface area contributed by atoms with Crippen molar-refractivity contribution in [2.45, 2.75) is 13.0 Å². The van der Waals surface area contributed by atoms with Crippen LogP contribution in [-0.4, -0.2) is 37.1 Å². The summed E-state index contributed by atoms with van der Waals surface area (Å²) in [5.74, 6) is -0.0403. The number of fused-ring (bicyclic) bond motifs is 1. The first-order valence-corrected chi connectivity index (χ1v) is 9.32. The first-order valence-electron chi connectivity index (χ1n) is 9.32. The molecule has 1 aliphatic rings. The lowest BCUT2D eigenvalue weighted by Crippen LogP contribution is -2.44. The van der Waals surface area contributed by atoms with E-state index in [0.29, 0.717) is 31.0 Å². The largest absolute Gasteiger partial charge is 0.484 e. The molecule has 150 valence electrons. The normalized spacial score (nSPS) is 16.8. The van der Waals surface area contributed by atoms with Crippen LogP contribution in [0.15, 0.2) is 57.7 Å². The summed E-state index contributed by atoms with van der Waals surface area (Å²) in [5, 5.41) is 0.818. The van der Waals surface area contributed by atoms with Crippen molar-refractivity contribution >= 4 is 16.9 Å². The van der Waals surface area contributed by atoms with Gasteiger partial charge in [-0.1, -0.05) is 12.1 Å². The number of ether oxygens (including phenoxy) is 2. The minimum absolute atomic E-state index is 0.141. The van der Waals surface area contributed by atoms with Gasteiger partial charge < -0.3 is 18.8 Å². The second kappa shape index (κ2) is 8.05. The summed E-state index contributed by atoms with van der Waals surface area (Å²) in [6, 6.07) is 12.7. The second-order valence-corrected chi connectivity index (χ2v) is 6.95. The van der Waals surface area contributed by atoms with Gasteiger partial charge in [-0.15, -0.1) is 0 Å². The monoisotopic (exact) mass is 397 g/mol. The van der Waals surface area contributed by atoms with Crippen molar-refractivity contribution in [3.63, 3.8) is 0 Å². The summed E-state index contributed by atoms with van der Waals surface area (Å²) < 4.78 is 29.7. The van der Waals surface area contributed by atoms with E-state index in [1.807, 2.05) is 6.92 Å². The van der Waals surface area contributed by atoms with E-state index in [1.54, 1.807) is 35.2 Å². The maximum Gasteiger partial charge on any atom is 0.336 e. The lowest BCUT2D eigenvalue weighted by Gasteiger charge is -2.33. The van der Waals surface area contributed by atoms with E-state index in [0.717, 1.165) is 16.5 Å². The summed E-state index contributed by atoms with van der Waals surface area (Å²) in [7, 11) is 0. The lowest BCUT2D eigenvalue weighted by molar-refractivity contribution is -0.141. The number of morpholine rings is 1. The molecule has 0 radical (unpaired) electrons. The van der Waals surface area contributed by atoms with Gasteiger partial charge in [-0.05, 0) is 42.3 Å². The molecule has 0 aliphatic carbocycles. The van der Waals surface area contributed by atoms with Crippen LogP contribution in [-0.2, 0) is 9.53 Å². The predicted octanol–water partition coefficient (Wildman–Crippen LogP) is 3.22. The minimum Gasteiger partial charge on any atom is -0.484 e. The molecule has 0 spiro atoms. The van der Waals surface area contributed by atoms with Crippen LogP contribution in [0.1, 0.15) is 17.2 Å². The average Bonchev–Trinajstić information content (AvgIpc) is 2.72. The van der Waals surface area contributed by atoms with Crippen molar-refractivity contribution in [1.82, 2.24) is 4.90 Å². The summed E-state index contributed by atoms with van der Waals surface area (Å²) in [6.45, 7) is 2.93. The SMILES string of the molecule is Cc1cc(=O)oc2cc(OCC(=O)N3CCOC(c4ccc(F)cc4)C3)ccc12. The Morgan fingerprint density at radius 3 is 2.79 bits per heavy atom. The summed E-state index contributed by atoms with van der Waals surface area (Å²) in [5.41, 5.74) is 1.63. The molecule has 3 aromatic rings. The van der Waals surface area contributed by atoms with Crippen LogP contribution < -0.4 is 10.4 Å². The molecular weight excluding hydrogens is 377 g/mol. The van der Waals surface area contributed by atoms with Gasteiger partial charge in [-0.25, -0.2) is 9.18 Å². The number of aryl methyl sites for hydroxylation is 1. The third kappa shape index (κ3) is 4.30. The van der Waals surface area contributed by atoms with E-state index in [1.165, 1.54) is 18.2 Å². The van der Waals surface area contributed by atoms with Crippen molar-refractivity contribution in [2.24, 2.45) is 0 Å². The average molecular weight is 397 g/mol. The summed E-state index contributed by atoms with van der Waals surface area (Å²) in [4.78, 5) is 25.8. The van der Waals surface area contributed by atoms with E-state index in [4.69, 9.17) is 13.9 Å². The van der Waals surface area contributed by atoms with E-state index < -0.39 is 5.63 Å². The molecule has 1 unspecified atom stereocenters. The molecule has 1 amide bonds. The summed E-state index contributed by atoms with van der Waals surface area (Å²) in [6.07, 6.45) is -0.300. The summed E-state index contributed by atoms with van der Waals surface area (Å²) >= 11 is 0. The Labute approximate surface area is 166 Å². The van der Waals surface area contributed by atoms with Crippen molar-refractivity contribution < 1.29 is 23.1 Å². The maximum absolute atomic E-state index is 13.1. The zero-order valence-electron chi connectivity index (χ0n) is 15.9. The molecule has 6 nitrogen and oxygen atoms in total. The van der Waals surface area contributed by atoms with Crippen molar-refractivity contribution in [3.05, 3.63) is 75.9 Å². The van der Waals surface area contributed by atoms with Crippen LogP contribution in [0.25, 0.3) is 11.0 Å². The Morgan fingerprint density at radius 2 is 2.00 bits per heavy atom. The van der Waals surface area contributed by atoms with Crippen LogP contribution in [0, 0.1) is 12.7 Å². The van der Waals surface area contributed by atoms with Gasteiger partial charge >= 0.3 is 5.63 Å².